The summed E-state index contributed by atoms with van der Waals surface area (Å²) in [5.74, 6) is 1.11. The van der Waals surface area contributed by atoms with E-state index >= 15 is 0 Å². The van der Waals surface area contributed by atoms with Gasteiger partial charge in [0.25, 0.3) is 0 Å². The molecule has 0 saturated heterocycles. The van der Waals surface area contributed by atoms with E-state index in [1.54, 1.807) is 31.4 Å². The summed E-state index contributed by atoms with van der Waals surface area (Å²) in [6.07, 6.45) is 1.43. The van der Waals surface area contributed by atoms with Crippen LogP contribution in [0.2, 0.25) is 0 Å². The van der Waals surface area contributed by atoms with Crippen LogP contribution in [0.4, 0.5) is 0 Å². The average Bonchev–Trinajstić information content (AvgIpc) is 3.10. The van der Waals surface area contributed by atoms with Gasteiger partial charge in [-0.05, 0) is 24.3 Å². The standard InChI is InChI=1S/C12H14O4/c1-14-9-3-5-10(6-4-9)16-12(7-8-12)11(13)15-2/h3-6H,7-8H2,1-2H3. The van der Waals surface area contributed by atoms with E-state index in [4.69, 9.17) is 14.2 Å². The van der Waals surface area contributed by atoms with Crippen LogP contribution in [0, 0.1) is 0 Å². The maximum absolute atomic E-state index is 11.5. The van der Waals surface area contributed by atoms with Gasteiger partial charge in [0.05, 0.1) is 14.2 Å². The number of benzene rings is 1. The van der Waals surface area contributed by atoms with Gasteiger partial charge in [-0.1, -0.05) is 0 Å². The lowest BCUT2D eigenvalue weighted by molar-refractivity contribution is -0.151. The summed E-state index contributed by atoms with van der Waals surface area (Å²) in [5, 5.41) is 0. The first-order valence-corrected chi connectivity index (χ1v) is 5.12. The van der Waals surface area contributed by atoms with Gasteiger partial charge in [-0.25, -0.2) is 4.79 Å². The largest absolute Gasteiger partial charge is 0.497 e. The van der Waals surface area contributed by atoms with Crippen LogP contribution in [-0.2, 0) is 9.53 Å². The first kappa shape index (κ1) is 10.8. The van der Waals surface area contributed by atoms with Crippen molar-refractivity contribution in [3.63, 3.8) is 0 Å². The van der Waals surface area contributed by atoms with Gasteiger partial charge in [-0.2, -0.15) is 0 Å². The molecule has 1 aliphatic rings. The van der Waals surface area contributed by atoms with Gasteiger partial charge >= 0.3 is 5.97 Å². The predicted molar refractivity (Wildman–Crippen MR) is 57.6 cm³/mol. The summed E-state index contributed by atoms with van der Waals surface area (Å²) in [7, 11) is 2.98. The predicted octanol–water partition coefficient (Wildman–Crippen LogP) is 1.78. The molecule has 4 heteroatoms. The van der Waals surface area contributed by atoms with Crippen LogP contribution >= 0.6 is 0 Å². The molecule has 0 aromatic heterocycles. The minimum atomic E-state index is -0.747. The summed E-state index contributed by atoms with van der Waals surface area (Å²) in [6.45, 7) is 0. The third kappa shape index (κ3) is 1.96. The maximum Gasteiger partial charge on any atom is 0.350 e. The summed E-state index contributed by atoms with van der Waals surface area (Å²) in [4.78, 5) is 11.5. The van der Waals surface area contributed by atoms with Crippen LogP contribution in [-0.4, -0.2) is 25.8 Å². The van der Waals surface area contributed by atoms with Crippen LogP contribution in [0.3, 0.4) is 0 Å². The molecule has 0 spiro atoms. The van der Waals surface area contributed by atoms with Crippen LogP contribution in [0.5, 0.6) is 11.5 Å². The number of ether oxygens (including phenoxy) is 3. The van der Waals surface area contributed by atoms with E-state index in [2.05, 4.69) is 0 Å². The molecule has 16 heavy (non-hydrogen) atoms. The molecule has 0 unspecified atom stereocenters. The highest BCUT2D eigenvalue weighted by atomic mass is 16.6. The van der Waals surface area contributed by atoms with Crippen molar-refractivity contribution in [2.24, 2.45) is 0 Å². The molecule has 1 aromatic rings. The van der Waals surface area contributed by atoms with E-state index in [0.717, 1.165) is 5.75 Å². The van der Waals surface area contributed by atoms with Crippen LogP contribution in [0.25, 0.3) is 0 Å². The van der Waals surface area contributed by atoms with Gasteiger partial charge in [0.15, 0.2) is 0 Å². The maximum atomic E-state index is 11.5. The van der Waals surface area contributed by atoms with Crippen LogP contribution < -0.4 is 9.47 Å². The molecule has 2 rings (SSSR count). The zero-order valence-corrected chi connectivity index (χ0v) is 9.36. The molecule has 0 heterocycles. The number of rotatable bonds is 4. The van der Waals surface area contributed by atoms with E-state index in [1.165, 1.54) is 7.11 Å². The smallest absolute Gasteiger partial charge is 0.350 e. The Morgan fingerprint density at radius 3 is 2.12 bits per heavy atom. The van der Waals surface area contributed by atoms with Gasteiger partial charge < -0.3 is 14.2 Å². The monoisotopic (exact) mass is 222 g/mol. The Bertz CT molecular complexity index is 379. The van der Waals surface area contributed by atoms with Gasteiger partial charge in [0.2, 0.25) is 5.60 Å². The van der Waals surface area contributed by atoms with Crippen molar-refractivity contribution >= 4 is 5.97 Å². The number of hydrogen-bond donors (Lipinski definition) is 0. The molecule has 1 saturated carbocycles. The van der Waals surface area contributed by atoms with E-state index in [0.29, 0.717) is 18.6 Å². The SMILES string of the molecule is COC(=O)C1(Oc2ccc(OC)cc2)CC1. The van der Waals surface area contributed by atoms with E-state index < -0.39 is 5.60 Å². The van der Waals surface area contributed by atoms with Crippen LogP contribution in [0.1, 0.15) is 12.8 Å². The minimum absolute atomic E-state index is 0.302. The number of carbonyl (C=O) groups is 1. The molecule has 4 nitrogen and oxygen atoms in total. The topological polar surface area (TPSA) is 44.8 Å². The fourth-order valence-electron chi connectivity index (χ4n) is 1.52. The normalized spacial score (nSPS) is 16.4. The van der Waals surface area contributed by atoms with E-state index in [9.17, 15) is 4.79 Å². The zero-order valence-electron chi connectivity index (χ0n) is 9.36. The van der Waals surface area contributed by atoms with Crippen molar-refractivity contribution in [3.05, 3.63) is 24.3 Å². The molecule has 86 valence electrons. The first-order valence-electron chi connectivity index (χ1n) is 5.12. The molecule has 1 fully saturated rings. The van der Waals surface area contributed by atoms with Crippen molar-refractivity contribution in [3.8, 4) is 11.5 Å². The Balaban J connectivity index is 2.06. The molecule has 0 bridgehead atoms. The molecule has 0 amide bonds. The van der Waals surface area contributed by atoms with Gasteiger partial charge in [-0.15, -0.1) is 0 Å². The van der Waals surface area contributed by atoms with Gasteiger partial charge in [0, 0.05) is 12.8 Å². The van der Waals surface area contributed by atoms with Crippen molar-refractivity contribution in [1.29, 1.82) is 0 Å². The summed E-state index contributed by atoms with van der Waals surface area (Å²) >= 11 is 0. The minimum Gasteiger partial charge on any atom is -0.497 e. The third-order valence-electron chi connectivity index (χ3n) is 2.63. The lowest BCUT2D eigenvalue weighted by atomic mass is 10.3. The molecule has 0 N–H and O–H groups in total. The highest BCUT2D eigenvalue weighted by Gasteiger charge is 2.54. The number of esters is 1. The van der Waals surface area contributed by atoms with E-state index in [-0.39, 0.29) is 5.97 Å². The van der Waals surface area contributed by atoms with Crippen LogP contribution in [0.15, 0.2) is 24.3 Å². The Morgan fingerprint density at radius 2 is 1.69 bits per heavy atom. The Labute approximate surface area is 94.1 Å². The third-order valence-corrected chi connectivity index (χ3v) is 2.63. The van der Waals surface area contributed by atoms with Crippen molar-refractivity contribution < 1.29 is 19.0 Å². The van der Waals surface area contributed by atoms with Crippen molar-refractivity contribution in [2.75, 3.05) is 14.2 Å². The van der Waals surface area contributed by atoms with Gasteiger partial charge in [0.1, 0.15) is 11.5 Å². The van der Waals surface area contributed by atoms with Gasteiger partial charge in [-0.3, -0.25) is 0 Å². The number of methoxy groups -OCH3 is 2. The highest BCUT2D eigenvalue weighted by molar-refractivity contribution is 5.83. The quantitative estimate of drug-likeness (QED) is 0.728. The highest BCUT2D eigenvalue weighted by Crippen LogP contribution is 2.41. The second kappa shape index (κ2) is 4.04. The Kier molecular flexibility index (Phi) is 2.73. The summed E-state index contributed by atoms with van der Waals surface area (Å²) in [6, 6.07) is 7.15. The number of carbonyl (C=O) groups excluding carboxylic acids is 1. The Morgan fingerprint density at radius 1 is 1.12 bits per heavy atom. The Hall–Kier alpha value is -1.71. The molecule has 1 aromatic carbocycles. The first-order chi connectivity index (χ1) is 7.70. The molecular formula is C12H14O4. The van der Waals surface area contributed by atoms with Crippen molar-refractivity contribution in [1.82, 2.24) is 0 Å². The fraction of sp³-hybridized carbons (Fsp3) is 0.417. The van der Waals surface area contributed by atoms with Crippen molar-refractivity contribution in [2.45, 2.75) is 18.4 Å². The summed E-state index contributed by atoms with van der Waals surface area (Å²) < 4.78 is 15.4. The fourth-order valence-corrected chi connectivity index (χ4v) is 1.52. The lowest BCUT2D eigenvalue weighted by Gasteiger charge is -2.15. The lowest BCUT2D eigenvalue weighted by Crippen LogP contribution is -2.30. The second-order valence-electron chi connectivity index (χ2n) is 3.76. The average molecular weight is 222 g/mol. The molecule has 0 radical (unpaired) electrons. The van der Waals surface area contributed by atoms with E-state index in [1.807, 2.05) is 0 Å². The molecular weight excluding hydrogens is 208 g/mol. The summed E-state index contributed by atoms with van der Waals surface area (Å²) in [5.41, 5.74) is -0.747. The second-order valence-corrected chi connectivity index (χ2v) is 3.76. The number of hydrogen-bond acceptors (Lipinski definition) is 4. The molecule has 0 atom stereocenters. The molecule has 0 aliphatic heterocycles. The zero-order chi connectivity index (χ0) is 11.6. The molecule has 1 aliphatic carbocycles.